The van der Waals surface area contributed by atoms with E-state index in [4.69, 9.17) is 0 Å². The third-order valence-corrected chi connectivity index (χ3v) is 2.88. The van der Waals surface area contributed by atoms with Crippen molar-refractivity contribution in [2.45, 2.75) is 18.8 Å². The molecule has 0 aromatic carbocycles. The Hall–Kier alpha value is -0.900. The topological polar surface area (TPSA) is 30.2 Å². The summed E-state index contributed by atoms with van der Waals surface area (Å²) in [5.74, 6) is 0.693. The van der Waals surface area contributed by atoms with Crippen LogP contribution in [0.2, 0.25) is 0 Å². The summed E-state index contributed by atoms with van der Waals surface area (Å²) >= 11 is 3.41. The predicted molar refractivity (Wildman–Crippen MR) is 52.7 cm³/mol. The first-order chi connectivity index (χ1) is 6.34. The van der Waals surface area contributed by atoms with Crippen LogP contribution >= 0.6 is 15.9 Å². The normalized spacial score (nSPS) is 16.7. The van der Waals surface area contributed by atoms with E-state index < -0.39 is 0 Å². The van der Waals surface area contributed by atoms with Gasteiger partial charge in [-0.3, -0.25) is 0 Å². The zero-order chi connectivity index (χ0) is 8.84. The van der Waals surface area contributed by atoms with Crippen molar-refractivity contribution in [3.8, 4) is 0 Å². The molecule has 2 aromatic heterocycles. The molecule has 0 aliphatic heterocycles. The Bertz CT molecular complexity index is 459. The molecule has 0 radical (unpaired) electrons. The summed E-state index contributed by atoms with van der Waals surface area (Å²) in [6.45, 7) is 0. The minimum absolute atomic E-state index is 0.693. The second kappa shape index (κ2) is 2.54. The van der Waals surface area contributed by atoms with Crippen molar-refractivity contribution in [1.82, 2.24) is 14.6 Å². The van der Waals surface area contributed by atoms with E-state index in [1.807, 2.05) is 10.6 Å². The van der Waals surface area contributed by atoms with E-state index in [1.165, 1.54) is 18.5 Å². The SMILES string of the molecule is Brc1cnc2ccc(C3CC3)nn12. The zero-order valence-corrected chi connectivity index (χ0v) is 8.53. The first-order valence-corrected chi connectivity index (χ1v) is 5.14. The lowest BCUT2D eigenvalue weighted by Gasteiger charge is -1.98. The molecule has 0 N–H and O–H groups in total. The molecule has 3 nitrogen and oxygen atoms in total. The quantitative estimate of drug-likeness (QED) is 0.763. The molecular weight excluding hydrogens is 230 g/mol. The summed E-state index contributed by atoms with van der Waals surface area (Å²) in [5.41, 5.74) is 2.09. The van der Waals surface area contributed by atoms with Gasteiger partial charge in [0.15, 0.2) is 5.65 Å². The van der Waals surface area contributed by atoms with E-state index in [9.17, 15) is 0 Å². The molecular formula is C9H8BrN3. The maximum Gasteiger partial charge on any atom is 0.154 e. The number of halogens is 1. The number of hydrogen-bond donors (Lipinski definition) is 0. The lowest BCUT2D eigenvalue weighted by molar-refractivity contribution is 0.843. The molecule has 1 saturated carbocycles. The molecule has 4 heteroatoms. The van der Waals surface area contributed by atoms with Gasteiger partial charge in [-0.15, -0.1) is 0 Å². The van der Waals surface area contributed by atoms with Crippen molar-refractivity contribution < 1.29 is 0 Å². The summed E-state index contributed by atoms with van der Waals surface area (Å²) in [7, 11) is 0. The average Bonchev–Trinajstić information content (AvgIpc) is 2.93. The van der Waals surface area contributed by atoms with Crippen LogP contribution in [0.25, 0.3) is 5.65 Å². The summed E-state index contributed by atoms with van der Waals surface area (Å²) in [4.78, 5) is 4.19. The number of hydrogen-bond acceptors (Lipinski definition) is 2. The number of imidazole rings is 1. The number of nitrogens with zero attached hydrogens (tertiary/aromatic N) is 3. The monoisotopic (exact) mass is 237 g/mol. The Morgan fingerprint density at radius 2 is 2.23 bits per heavy atom. The second-order valence-electron chi connectivity index (χ2n) is 3.38. The molecule has 1 aliphatic carbocycles. The van der Waals surface area contributed by atoms with Crippen LogP contribution in [0, 0.1) is 0 Å². The van der Waals surface area contributed by atoms with Crippen molar-refractivity contribution in [1.29, 1.82) is 0 Å². The molecule has 0 unspecified atom stereocenters. The fourth-order valence-corrected chi connectivity index (χ4v) is 1.82. The Labute approximate surface area is 83.9 Å². The van der Waals surface area contributed by atoms with Crippen molar-refractivity contribution >= 4 is 21.6 Å². The minimum Gasteiger partial charge on any atom is -0.234 e. The van der Waals surface area contributed by atoms with Gasteiger partial charge in [0.05, 0.1) is 11.9 Å². The van der Waals surface area contributed by atoms with Gasteiger partial charge in [0.2, 0.25) is 0 Å². The van der Waals surface area contributed by atoms with Gasteiger partial charge >= 0.3 is 0 Å². The molecule has 13 heavy (non-hydrogen) atoms. The van der Waals surface area contributed by atoms with E-state index >= 15 is 0 Å². The third-order valence-electron chi connectivity index (χ3n) is 2.34. The standard InChI is InChI=1S/C9H8BrN3/c10-8-5-11-9-4-3-7(6-1-2-6)12-13(8)9/h3-6H,1-2H2. The van der Waals surface area contributed by atoms with E-state index in [0.29, 0.717) is 5.92 Å². The smallest absolute Gasteiger partial charge is 0.154 e. The molecule has 66 valence electrons. The Balaban J connectivity index is 2.24. The highest BCUT2D eigenvalue weighted by molar-refractivity contribution is 9.10. The highest BCUT2D eigenvalue weighted by Crippen LogP contribution is 2.38. The molecule has 0 amide bonds. The largest absolute Gasteiger partial charge is 0.234 e. The van der Waals surface area contributed by atoms with E-state index in [0.717, 1.165) is 10.3 Å². The Morgan fingerprint density at radius 1 is 1.38 bits per heavy atom. The van der Waals surface area contributed by atoms with E-state index in [2.05, 4.69) is 32.1 Å². The maximum absolute atomic E-state index is 4.50. The first-order valence-electron chi connectivity index (χ1n) is 4.35. The third kappa shape index (κ3) is 1.16. The molecule has 0 saturated heterocycles. The van der Waals surface area contributed by atoms with Crippen molar-refractivity contribution in [2.24, 2.45) is 0 Å². The van der Waals surface area contributed by atoms with Crippen LogP contribution in [0.1, 0.15) is 24.5 Å². The van der Waals surface area contributed by atoms with Crippen LogP contribution < -0.4 is 0 Å². The van der Waals surface area contributed by atoms with Gasteiger partial charge in [-0.25, -0.2) is 9.50 Å². The number of rotatable bonds is 1. The molecule has 1 aliphatic rings. The van der Waals surface area contributed by atoms with Gasteiger partial charge in [-0.05, 0) is 40.9 Å². The average molecular weight is 238 g/mol. The van der Waals surface area contributed by atoms with Gasteiger partial charge in [0.1, 0.15) is 4.60 Å². The molecule has 0 spiro atoms. The fraction of sp³-hybridized carbons (Fsp3) is 0.333. The van der Waals surface area contributed by atoms with Crippen molar-refractivity contribution in [3.63, 3.8) is 0 Å². The van der Waals surface area contributed by atoms with Crippen LogP contribution in [0.3, 0.4) is 0 Å². The minimum atomic E-state index is 0.693. The van der Waals surface area contributed by atoms with E-state index in [-0.39, 0.29) is 0 Å². The Kier molecular flexibility index (Phi) is 1.47. The molecule has 3 rings (SSSR count). The number of aromatic nitrogens is 3. The highest BCUT2D eigenvalue weighted by Gasteiger charge is 2.25. The van der Waals surface area contributed by atoms with Gasteiger partial charge in [-0.2, -0.15) is 5.10 Å². The van der Waals surface area contributed by atoms with Crippen molar-refractivity contribution in [3.05, 3.63) is 28.6 Å². The van der Waals surface area contributed by atoms with Gasteiger partial charge in [0, 0.05) is 5.92 Å². The van der Waals surface area contributed by atoms with E-state index in [1.54, 1.807) is 6.20 Å². The molecule has 0 bridgehead atoms. The summed E-state index contributed by atoms with van der Waals surface area (Å²) in [5, 5.41) is 4.50. The van der Waals surface area contributed by atoms with Crippen LogP contribution in [-0.2, 0) is 0 Å². The fourth-order valence-electron chi connectivity index (χ4n) is 1.46. The van der Waals surface area contributed by atoms with Crippen LogP contribution in [0.4, 0.5) is 0 Å². The van der Waals surface area contributed by atoms with Crippen LogP contribution in [0.5, 0.6) is 0 Å². The first kappa shape index (κ1) is 7.50. The molecule has 2 heterocycles. The highest BCUT2D eigenvalue weighted by atomic mass is 79.9. The predicted octanol–water partition coefficient (Wildman–Crippen LogP) is 2.37. The lowest BCUT2D eigenvalue weighted by atomic mass is 10.3. The zero-order valence-electron chi connectivity index (χ0n) is 6.94. The Morgan fingerprint density at radius 3 is 3.00 bits per heavy atom. The molecule has 2 aromatic rings. The summed E-state index contributed by atoms with van der Waals surface area (Å²) < 4.78 is 2.76. The van der Waals surface area contributed by atoms with Gasteiger partial charge in [0.25, 0.3) is 0 Å². The molecule has 0 atom stereocenters. The van der Waals surface area contributed by atoms with Crippen LogP contribution in [-0.4, -0.2) is 14.6 Å². The van der Waals surface area contributed by atoms with Crippen LogP contribution in [0.15, 0.2) is 22.9 Å². The lowest BCUT2D eigenvalue weighted by Crippen LogP contribution is -1.96. The summed E-state index contributed by atoms with van der Waals surface area (Å²) in [6, 6.07) is 4.10. The summed E-state index contributed by atoms with van der Waals surface area (Å²) in [6.07, 6.45) is 4.34. The van der Waals surface area contributed by atoms with Gasteiger partial charge < -0.3 is 0 Å². The number of fused-ring (bicyclic) bond motifs is 1. The van der Waals surface area contributed by atoms with Gasteiger partial charge in [-0.1, -0.05) is 0 Å². The maximum atomic E-state index is 4.50. The molecule has 1 fully saturated rings. The second-order valence-corrected chi connectivity index (χ2v) is 4.20. The van der Waals surface area contributed by atoms with Crippen molar-refractivity contribution in [2.75, 3.05) is 0 Å².